The molecule has 5 nitrogen and oxygen atoms in total. The number of rotatable bonds is 4. The minimum atomic E-state index is -4.61. The normalized spacial score (nSPS) is 17.6. The SMILES string of the molecule is CCC1CCCCN1C(=O)Cc1nn2c(C(F)(F)F)cc(-c3cccs3)nc2c1Br. The van der Waals surface area contributed by atoms with E-state index in [1.807, 2.05) is 11.8 Å². The van der Waals surface area contributed by atoms with Gasteiger partial charge in [-0.1, -0.05) is 13.0 Å². The standard InChI is InChI=1S/C20H20BrF3N4OS/c1-2-12-6-3-4-8-27(12)17(29)11-14-18(21)19-25-13(15-7-5-9-30-15)10-16(20(22,23)24)28(19)26-14/h5,7,9-10,12H,2-4,6,8,11H2,1H3. The molecule has 1 saturated heterocycles. The fraction of sp³-hybridized carbons (Fsp3) is 0.450. The Labute approximate surface area is 184 Å². The third kappa shape index (κ3) is 3.99. The van der Waals surface area contributed by atoms with Gasteiger partial charge >= 0.3 is 6.18 Å². The molecular formula is C20H20BrF3N4OS. The molecule has 160 valence electrons. The van der Waals surface area contributed by atoms with Crippen molar-refractivity contribution in [2.45, 2.75) is 51.2 Å². The molecule has 1 amide bonds. The van der Waals surface area contributed by atoms with Crippen molar-refractivity contribution in [3.63, 3.8) is 0 Å². The summed E-state index contributed by atoms with van der Waals surface area (Å²) in [5.41, 5.74) is -0.367. The highest BCUT2D eigenvalue weighted by atomic mass is 79.9. The third-order valence-corrected chi connectivity index (χ3v) is 7.11. The van der Waals surface area contributed by atoms with Crippen LogP contribution in [-0.4, -0.2) is 38.0 Å². The summed E-state index contributed by atoms with van der Waals surface area (Å²) < 4.78 is 42.4. The van der Waals surface area contributed by atoms with Crippen LogP contribution in [0.15, 0.2) is 28.1 Å². The lowest BCUT2D eigenvalue weighted by atomic mass is 9.99. The molecule has 30 heavy (non-hydrogen) atoms. The van der Waals surface area contributed by atoms with Crippen molar-refractivity contribution in [1.82, 2.24) is 19.5 Å². The van der Waals surface area contributed by atoms with E-state index in [1.165, 1.54) is 11.3 Å². The number of nitrogens with zero attached hydrogens (tertiary/aromatic N) is 4. The average Bonchev–Trinajstić information content (AvgIpc) is 3.36. The number of hydrogen-bond donors (Lipinski definition) is 0. The minimum Gasteiger partial charge on any atom is -0.339 e. The first-order chi connectivity index (χ1) is 14.3. The number of alkyl halides is 3. The van der Waals surface area contributed by atoms with Crippen LogP contribution in [0.4, 0.5) is 13.2 Å². The summed E-state index contributed by atoms with van der Waals surface area (Å²) in [5, 5.41) is 5.91. The Morgan fingerprint density at radius 2 is 2.17 bits per heavy atom. The van der Waals surface area contributed by atoms with E-state index in [0.29, 0.717) is 15.9 Å². The van der Waals surface area contributed by atoms with Crippen LogP contribution in [0, 0.1) is 0 Å². The van der Waals surface area contributed by atoms with Crippen molar-refractivity contribution in [3.8, 4) is 10.6 Å². The van der Waals surface area contributed by atoms with Crippen LogP contribution in [0.3, 0.4) is 0 Å². The molecule has 4 heterocycles. The van der Waals surface area contributed by atoms with E-state index >= 15 is 0 Å². The van der Waals surface area contributed by atoms with Gasteiger partial charge in [-0.05, 0) is 59.1 Å². The highest BCUT2D eigenvalue weighted by Crippen LogP contribution is 2.36. The van der Waals surface area contributed by atoms with Gasteiger partial charge in [-0.15, -0.1) is 11.3 Å². The highest BCUT2D eigenvalue weighted by Gasteiger charge is 2.36. The van der Waals surface area contributed by atoms with Gasteiger partial charge in [-0.3, -0.25) is 4.79 Å². The average molecular weight is 501 g/mol. The van der Waals surface area contributed by atoms with Crippen LogP contribution < -0.4 is 0 Å². The van der Waals surface area contributed by atoms with Crippen LogP contribution in [0.2, 0.25) is 0 Å². The van der Waals surface area contributed by atoms with Crippen LogP contribution in [0.5, 0.6) is 0 Å². The van der Waals surface area contributed by atoms with E-state index in [2.05, 4.69) is 26.0 Å². The molecule has 0 N–H and O–H groups in total. The summed E-state index contributed by atoms with van der Waals surface area (Å²) in [6.07, 6.45) is -0.823. The zero-order chi connectivity index (χ0) is 21.5. The Bertz CT molecular complexity index is 1060. The molecule has 0 spiro atoms. The van der Waals surface area contributed by atoms with E-state index < -0.39 is 11.9 Å². The fourth-order valence-corrected chi connectivity index (χ4v) is 5.06. The molecule has 0 bridgehead atoms. The Morgan fingerprint density at radius 3 is 2.83 bits per heavy atom. The van der Waals surface area contributed by atoms with E-state index in [0.717, 1.165) is 36.3 Å². The van der Waals surface area contributed by atoms with Crippen molar-refractivity contribution in [1.29, 1.82) is 0 Å². The predicted molar refractivity (Wildman–Crippen MR) is 112 cm³/mol. The largest absolute Gasteiger partial charge is 0.433 e. The Balaban J connectivity index is 1.75. The quantitative estimate of drug-likeness (QED) is 0.470. The van der Waals surface area contributed by atoms with Crippen molar-refractivity contribution in [2.75, 3.05) is 6.54 Å². The molecule has 1 aliphatic rings. The molecule has 0 aromatic carbocycles. The second kappa shape index (κ2) is 8.30. The second-order valence-electron chi connectivity index (χ2n) is 7.32. The molecule has 0 saturated carbocycles. The second-order valence-corrected chi connectivity index (χ2v) is 9.06. The van der Waals surface area contributed by atoms with Crippen LogP contribution in [0.25, 0.3) is 16.2 Å². The summed E-state index contributed by atoms with van der Waals surface area (Å²) in [6, 6.07) is 4.66. The number of likely N-dealkylation sites (tertiary alicyclic amines) is 1. The van der Waals surface area contributed by atoms with Gasteiger partial charge in [0.05, 0.1) is 27.2 Å². The zero-order valence-corrected chi connectivity index (χ0v) is 18.6. The first-order valence-corrected chi connectivity index (χ1v) is 11.5. The molecule has 0 aliphatic carbocycles. The van der Waals surface area contributed by atoms with Crippen LogP contribution in [0.1, 0.15) is 44.0 Å². The first kappa shape index (κ1) is 21.3. The van der Waals surface area contributed by atoms with Crippen LogP contribution >= 0.6 is 27.3 Å². The molecule has 1 atom stereocenters. The minimum absolute atomic E-state index is 0.0571. The Morgan fingerprint density at radius 1 is 1.37 bits per heavy atom. The van der Waals surface area contributed by atoms with Gasteiger partial charge in [0, 0.05) is 12.6 Å². The smallest absolute Gasteiger partial charge is 0.339 e. The number of fused-ring (bicyclic) bond motifs is 1. The Hall–Kier alpha value is -1.94. The summed E-state index contributed by atoms with van der Waals surface area (Å²) in [6.45, 7) is 2.72. The number of amides is 1. The van der Waals surface area contributed by atoms with Crippen molar-refractivity contribution >= 4 is 38.8 Å². The van der Waals surface area contributed by atoms with Gasteiger partial charge < -0.3 is 4.90 Å². The molecule has 0 radical (unpaired) electrons. The first-order valence-electron chi connectivity index (χ1n) is 9.78. The number of carbonyl (C=O) groups is 1. The highest BCUT2D eigenvalue weighted by molar-refractivity contribution is 9.10. The monoisotopic (exact) mass is 500 g/mol. The fourth-order valence-electron chi connectivity index (χ4n) is 3.90. The lowest BCUT2D eigenvalue weighted by Crippen LogP contribution is -2.44. The van der Waals surface area contributed by atoms with Gasteiger partial charge in [-0.25, -0.2) is 9.50 Å². The van der Waals surface area contributed by atoms with Crippen LogP contribution in [-0.2, 0) is 17.4 Å². The zero-order valence-electron chi connectivity index (χ0n) is 16.2. The van der Waals surface area contributed by atoms with Gasteiger partial charge in [0.15, 0.2) is 11.3 Å². The van der Waals surface area contributed by atoms with Gasteiger partial charge in [0.25, 0.3) is 0 Å². The number of thiophene rings is 1. The van der Waals surface area contributed by atoms with E-state index in [-0.39, 0.29) is 35.4 Å². The van der Waals surface area contributed by atoms with Crippen molar-refractivity contribution in [2.24, 2.45) is 0 Å². The number of halogens is 4. The molecule has 3 aromatic rings. The summed E-state index contributed by atoms with van der Waals surface area (Å²) >= 11 is 4.67. The molecule has 4 rings (SSSR count). The number of aromatic nitrogens is 3. The molecule has 1 fully saturated rings. The Kier molecular flexibility index (Phi) is 5.89. The maximum Gasteiger partial charge on any atom is 0.433 e. The molecular weight excluding hydrogens is 481 g/mol. The molecule has 3 aromatic heterocycles. The lowest BCUT2D eigenvalue weighted by Gasteiger charge is -2.35. The summed E-state index contributed by atoms with van der Waals surface area (Å²) in [7, 11) is 0. The molecule has 1 unspecified atom stereocenters. The maximum atomic E-state index is 13.8. The van der Waals surface area contributed by atoms with E-state index in [1.54, 1.807) is 17.5 Å². The van der Waals surface area contributed by atoms with Crippen molar-refractivity contribution in [3.05, 3.63) is 39.4 Å². The van der Waals surface area contributed by atoms with E-state index in [9.17, 15) is 18.0 Å². The van der Waals surface area contributed by atoms with E-state index in [4.69, 9.17) is 0 Å². The number of piperidine rings is 1. The number of carbonyl (C=O) groups excluding carboxylic acids is 1. The topological polar surface area (TPSA) is 50.5 Å². The lowest BCUT2D eigenvalue weighted by molar-refractivity contribution is -0.142. The number of hydrogen-bond acceptors (Lipinski definition) is 4. The maximum absolute atomic E-state index is 13.8. The summed E-state index contributed by atoms with van der Waals surface area (Å²) in [4.78, 5) is 19.8. The predicted octanol–water partition coefficient (Wildman–Crippen LogP) is 5.57. The molecule has 10 heteroatoms. The molecule has 1 aliphatic heterocycles. The van der Waals surface area contributed by atoms with Gasteiger partial charge in [-0.2, -0.15) is 18.3 Å². The summed E-state index contributed by atoms with van der Waals surface area (Å²) in [5.74, 6) is -0.113. The third-order valence-electron chi connectivity index (χ3n) is 5.40. The van der Waals surface area contributed by atoms with Gasteiger partial charge in [0.1, 0.15) is 0 Å². The van der Waals surface area contributed by atoms with Gasteiger partial charge in [0.2, 0.25) is 5.91 Å². The van der Waals surface area contributed by atoms with Crippen molar-refractivity contribution < 1.29 is 18.0 Å².